The average Bonchev–Trinajstić information content (AvgIpc) is 3.09. The highest BCUT2D eigenvalue weighted by Crippen LogP contribution is 2.41. The summed E-state index contributed by atoms with van der Waals surface area (Å²) >= 11 is 0. The third-order valence-corrected chi connectivity index (χ3v) is 5.56. The molecule has 1 aliphatic rings. The Balaban J connectivity index is 1.91. The number of carbonyl (C=O) groups is 1. The van der Waals surface area contributed by atoms with Gasteiger partial charge < -0.3 is 14.6 Å². The van der Waals surface area contributed by atoms with E-state index >= 15 is 0 Å². The molecule has 2 heterocycles. The van der Waals surface area contributed by atoms with Crippen LogP contribution in [0.3, 0.4) is 0 Å². The van der Waals surface area contributed by atoms with Crippen LogP contribution < -0.4 is 4.74 Å². The highest BCUT2D eigenvalue weighted by atomic mass is 19.4. The highest BCUT2D eigenvalue weighted by Gasteiger charge is 2.36. The first kappa shape index (κ1) is 21.0. The molecule has 4 nitrogen and oxygen atoms in total. The number of hydrogen-bond acceptors (Lipinski definition) is 2. The Morgan fingerprint density at radius 2 is 1.97 bits per heavy atom. The van der Waals surface area contributed by atoms with Gasteiger partial charge in [-0.2, -0.15) is 13.2 Å². The number of carbonyl (C=O) groups excluding carboxylic acids is 1. The summed E-state index contributed by atoms with van der Waals surface area (Å²) in [7, 11) is 1.59. The molecule has 1 unspecified atom stereocenters. The molecule has 0 spiro atoms. The Hall–Kier alpha value is -3.22. The van der Waals surface area contributed by atoms with Crippen LogP contribution in [0.5, 0.6) is 5.75 Å². The van der Waals surface area contributed by atoms with Gasteiger partial charge in [-0.1, -0.05) is 17.7 Å². The van der Waals surface area contributed by atoms with Crippen molar-refractivity contribution in [3.05, 3.63) is 76.5 Å². The topological polar surface area (TPSA) is 45.3 Å². The van der Waals surface area contributed by atoms with Crippen molar-refractivity contribution in [2.45, 2.75) is 32.5 Å². The van der Waals surface area contributed by atoms with Gasteiger partial charge in [-0.05, 0) is 61.7 Å². The van der Waals surface area contributed by atoms with E-state index in [1.165, 1.54) is 12.1 Å². The van der Waals surface area contributed by atoms with Gasteiger partial charge in [-0.15, -0.1) is 0 Å². The van der Waals surface area contributed by atoms with Crippen molar-refractivity contribution < 1.29 is 22.7 Å². The van der Waals surface area contributed by atoms with Crippen LogP contribution in [0.15, 0.2) is 54.1 Å². The van der Waals surface area contributed by atoms with Crippen molar-refractivity contribution >= 4 is 16.8 Å². The highest BCUT2D eigenvalue weighted by molar-refractivity contribution is 5.91. The third-order valence-electron chi connectivity index (χ3n) is 5.56. The predicted octanol–water partition coefficient (Wildman–Crippen LogP) is 5.64. The molecule has 1 amide bonds. The second-order valence-corrected chi connectivity index (χ2v) is 7.96. The van der Waals surface area contributed by atoms with Crippen LogP contribution >= 0.6 is 0 Å². The van der Waals surface area contributed by atoms with Crippen LogP contribution in [0.1, 0.15) is 42.3 Å². The number of rotatable bonds is 3. The lowest BCUT2D eigenvalue weighted by Crippen LogP contribution is -2.40. The monoisotopic (exact) mass is 428 g/mol. The molecule has 2 aromatic carbocycles. The zero-order valence-electron chi connectivity index (χ0n) is 17.5. The predicted molar refractivity (Wildman–Crippen MR) is 113 cm³/mol. The van der Waals surface area contributed by atoms with Crippen LogP contribution in [-0.4, -0.2) is 29.4 Å². The molecule has 0 saturated carbocycles. The third kappa shape index (κ3) is 3.92. The second kappa shape index (κ2) is 7.80. The number of halogens is 3. The Morgan fingerprint density at radius 3 is 2.65 bits per heavy atom. The largest absolute Gasteiger partial charge is 0.497 e. The first-order chi connectivity index (χ1) is 14.7. The molecule has 1 N–H and O–H groups in total. The maximum absolute atomic E-state index is 13.4. The summed E-state index contributed by atoms with van der Waals surface area (Å²) in [5.74, 6) is 0.484. The van der Waals surface area contributed by atoms with E-state index in [9.17, 15) is 18.0 Å². The summed E-state index contributed by atoms with van der Waals surface area (Å²) in [4.78, 5) is 18.0. The molecule has 4 rings (SSSR count). The van der Waals surface area contributed by atoms with Crippen molar-refractivity contribution in [3.63, 3.8) is 0 Å². The number of aromatic amines is 1. The SMILES string of the molecule is COc1ccc2[nH]c3c(c2c1)CCN(C(=O)C=C(C)C)C3c1cccc(C(F)(F)F)c1. The quantitative estimate of drug-likeness (QED) is 0.549. The lowest BCUT2D eigenvalue weighted by atomic mass is 9.91. The fourth-order valence-corrected chi connectivity index (χ4v) is 4.19. The number of fused-ring (bicyclic) bond motifs is 3. The van der Waals surface area contributed by atoms with E-state index in [0.29, 0.717) is 24.3 Å². The van der Waals surface area contributed by atoms with E-state index < -0.39 is 17.8 Å². The molecule has 7 heteroatoms. The maximum atomic E-state index is 13.4. The van der Waals surface area contributed by atoms with Gasteiger partial charge in [0.25, 0.3) is 0 Å². The minimum absolute atomic E-state index is 0.218. The summed E-state index contributed by atoms with van der Waals surface area (Å²) in [6.45, 7) is 4.05. The van der Waals surface area contributed by atoms with Crippen LogP contribution in [0.25, 0.3) is 10.9 Å². The van der Waals surface area contributed by atoms with Crippen LogP contribution in [0, 0.1) is 0 Å². The van der Waals surface area contributed by atoms with Gasteiger partial charge in [-0.3, -0.25) is 4.79 Å². The normalized spacial score (nSPS) is 16.2. The fourth-order valence-electron chi connectivity index (χ4n) is 4.19. The van der Waals surface area contributed by atoms with E-state index in [-0.39, 0.29) is 5.91 Å². The van der Waals surface area contributed by atoms with Crippen LogP contribution in [0.4, 0.5) is 13.2 Å². The zero-order chi connectivity index (χ0) is 22.3. The van der Waals surface area contributed by atoms with Gasteiger partial charge in [0.2, 0.25) is 5.91 Å². The Labute approximate surface area is 178 Å². The Morgan fingerprint density at radius 1 is 1.19 bits per heavy atom. The van der Waals surface area contributed by atoms with Crippen molar-refractivity contribution in [1.82, 2.24) is 9.88 Å². The number of nitrogens with zero attached hydrogens (tertiary/aromatic N) is 1. The minimum atomic E-state index is -4.46. The Kier molecular flexibility index (Phi) is 5.29. The van der Waals surface area contributed by atoms with Crippen molar-refractivity contribution in [2.75, 3.05) is 13.7 Å². The molecule has 162 valence electrons. The van der Waals surface area contributed by atoms with E-state index in [1.807, 2.05) is 32.0 Å². The van der Waals surface area contributed by atoms with Gasteiger partial charge in [0.1, 0.15) is 5.75 Å². The van der Waals surface area contributed by atoms with Gasteiger partial charge in [0, 0.05) is 29.2 Å². The number of nitrogens with one attached hydrogen (secondary N) is 1. The number of methoxy groups -OCH3 is 1. The van der Waals surface area contributed by atoms with E-state index in [1.54, 1.807) is 18.1 Å². The molecule has 1 atom stereocenters. The number of amides is 1. The van der Waals surface area contributed by atoms with Crippen LogP contribution in [0.2, 0.25) is 0 Å². The van der Waals surface area contributed by atoms with Gasteiger partial charge in [0.15, 0.2) is 0 Å². The summed E-state index contributed by atoms with van der Waals surface area (Å²) in [6, 6.07) is 10.2. The molecule has 31 heavy (non-hydrogen) atoms. The molecular weight excluding hydrogens is 405 g/mol. The first-order valence-electron chi connectivity index (χ1n) is 10.00. The van der Waals surface area contributed by atoms with Crippen molar-refractivity contribution in [2.24, 2.45) is 0 Å². The smallest absolute Gasteiger partial charge is 0.416 e. The lowest BCUT2D eigenvalue weighted by Gasteiger charge is -2.36. The molecule has 0 bridgehead atoms. The molecule has 1 aliphatic heterocycles. The molecule has 0 radical (unpaired) electrons. The molecule has 0 aliphatic carbocycles. The van der Waals surface area contributed by atoms with E-state index in [4.69, 9.17) is 4.74 Å². The number of H-pyrrole nitrogens is 1. The number of allylic oxidation sites excluding steroid dienone is 1. The molecule has 0 fully saturated rings. The minimum Gasteiger partial charge on any atom is -0.497 e. The number of hydrogen-bond donors (Lipinski definition) is 1. The summed E-state index contributed by atoms with van der Waals surface area (Å²) in [5.41, 5.74) is 3.12. The number of benzene rings is 2. The molecular formula is C24H23F3N2O2. The summed E-state index contributed by atoms with van der Waals surface area (Å²) in [5, 5.41) is 0.959. The number of aromatic nitrogens is 1. The lowest BCUT2D eigenvalue weighted by molar-refractivity contribution is -0.137. The summed E-state index contributed by atoms with van der Waals surface area (Å²) < 4.78 is 45.5. The zero-order valence-corrected chi connectivity index (χ0v) is 17.5. The number of ether oxygens (including phenoxy) is 1. The average molecular weight is 428 g/mol. The standard InChI is InChI=1S/C24H23F3N2O2/c1-14(2)11-21(30)29-10-9-18-19-13-17(31-3)7-8-20(19)28-22(18)23(29)15-5-4-6-16(12-15)24(25,26)27/h4-8,11-13,23,28H,9-10H2,1-3H3. The van der Waals surface area contributed by atoms with Crippen molar-refractivity contribution in [1.29, 1.82) is 0 Å². The number of alkyl halides is 3. The molecule has 3 aromatic rings. The van der Waals surface area contributed by atoms with Gasteiger partial charge in [-0.25, -0.2) is 0 Å². The fraction of sp³-hybridized carbons (Fsp3) is 0.292. The molecule has 1 aromatic heterocycles. The van der Waals surface area contributed by atoms with Crippen molar-refractivity contribution in [3.8, 4) is 5.75 Å². The Bertz CT molecular complexity index is 1170. The van der Waals surface area contributed by atoms with Gasteiger partial charge in [0.05, 0.1) is 18.7 Å². The first-order valence-corrected chi connectivity index (χ1v) is 10.00. The van der Waals surface area contributed by atoms with Gasteiger partial charge >= 0.3 is 6.18 Å². The van der Waals surface area contributed by atoms with E-state index in [0.717, 1.165) is 39.9 Å². The van der Waals surface area contributed by atoms with Crippen LogP contribution in [-0.2, 0) is 17.4 Å². The molecule has 0 saturated heterocycles. The summed E-state index contributed by atoms with van der Waals surface area (Å²) in [6.07, 6.45) is -2.34. The van der Waals surface area contributed by atoms with E-state index in [2.05, 4.69) is 4.98 Å². The second-order valence-electron chi connectivity index (χ2n) is 7.96. The maximum Gasteiger partial charge on any atom is 0.416 e.